The van der Waals surface area contributed by atoms with Crippen molar-refractivity contribution in [1.82, 2.24) is 9.97 Å². The lowest BCUT2D eigenvalue weighted by Gasteiger charge is -1.91. The summed E-state index contributed by atoms with van der Waals surface area (Å²) in [6.45, 7) is 0. The molecule has 0 bridgehead atoms. The molecule has 2 heterocycles. The van der Waals surface area contributed by atoms with Gasteiger partial charge in [-0.25, -0.2) is 9.97 Å². The van der Waals surface area contributed by atoms with E-state index in [9.17, 15) is 0 Å². The average molecular weight is 229 g/mol. The van der Waals surface area contributed by atoms with Crippen LogP contribution in [0, 0.1) is 0 Å². The summed E-state index contributed by atoms with van der Waals surface area (Å²) in [5.41, 5.74) is 5.51. The summed E-state index contributed by atoms with van der Waals surface area (Å²) >= 11 is 4.90. The van der Waals surface area contributed by atoms with Crippen LogP contribution in [0.5, 0.6) is 0 Å². The van der Waals surface area contributed by atoms with Gasteiger partial charge < -0.3 is 5.73 Å². The van der Waals surface area contributed by atoms with E-state index in [1.54, 1.807) is 23.1 Å². The van der Waals surface area contributed by atoms with Crippen molar-refractivity contribution in [2.45, 2.75) is 10.1 Å². The predicted octanol–water partition coefficient (Wildman–Crippen LogP) is 2.47. The van der Waals surface area contributed by atoms with Gasteiger partial charge in [0.05, 0.1) is 0 Å². The van der Waals surface area contributed by atoms with E-state index in [-0.39, 0.29) is 0 Å². The molecule has 0 spiro atoms. The third-order valence-corrected chi connectivity index (χ3v) is 4.34. The second-order valence-electron chi connectivity index (χ2n) is 2.25. The molecule has 2 aromatic heterocycles. The number of thiazole rings is 2. The van der Waals surface area contributed by atoms with Crippen molar-refractivity contribution in [3.05, 3.63) is 22.7 Å². The molecular formula is C7H7N3S3. The number of rotatable bonds is 3. The van der Waals surface area contributed by atoms with Gasteiger partial charge >= 0.3 is 0 Å². The minimum Gasteiger partial charge on any atom is -0.375 e. The first-order valence-electron chi connectivity index (χ1n) is 3.57. The van der Waals surface area contributed by atoms with Gasteiger partial charge in [0.2, 0.25) is 0 Å². The van der Waals surface area contributed by atoms with Crippen LogP contribution in [0.4, 0.5) is 5.13 Å². The molecule has 13 heavy (non-hydrogen) atoms. The van der Waals surface area contributed by atoms with Gasteiger partial charge in [0, 0.05) is 28.4 Å². The van der Waals surface area contributed by atoms with Crippen molar-refractivity contribution in [2.75, 3.05) is 5.73 Å². The van der Waals surface area contributed by atoms with Crippen LogP contribution in [0.1, 0.15) is 4.88 Å². The first-order valence-corrected chi connectivity index (χ1v) is 6.25. The lowest BCUT2D eigenvalue weighted by molar-refractivity contribution is 1.25. The maximum atomic E-state index is 5.51. The van der Waals surface area contributed by atoms with Crippen molar-refractivity contribution < 1.29 is 0 Å². The van der Waals surface area contributed by atoms with Gasteiger partial charge in [0.15, 0.2) is 5.13 Å². The molecule has 0 unspecified atom stereocenters. The number of anilines is 1. The fraction of sp³-hybridized carbons (Fsp3) is 0.143. The fourth-order valence-electron chi connectivity index (χ4n) is 0.804. The van der Waals surface area contributed by atoms with Crippen LogP contribution in [0.3, 0.4) is 0 Å². The molecule has 0 fully saturated rings. The third kappa shape index (κ3) is 2.43. The molecule has 3 nitrogen and oxygen atoms in total. The summed E-state index contributed by atoms with van der Waals surface area (Å²) in [5, 5.41) is 2.61. The minimum atomic E-state index is 0.634. The first kappa shape index (κ1) is 8.98. The minimum absolute atomic E-state index is 0.634. The molecule has 0 aliphatic heterocycles. The molecule has 2 N–H and O–H groups in total. The second kappa shape index (κ2) is 4.08. The fourth-order valence-corrected chi connectivity index (χ4v) is 3.15. The predicted molar refractivity (Wildman–Crippen MR) is 58.2 cm³/mol. The quantitative estimate of drug-likeness (QED) is 0.821. The molecule has 0 aliphatic rings. The summed E-state index contributed by atoms with van der Waals surface area (Å²) in [5.74, 6) is 0.905. The Labute approximate surface area is 88.0 Å². The SMILES string of the molecule is Nc1ncc(CSc2nccs2)s1. The molecule has 0 amide bonds. The summed E-state index contributed by atoms with van der Waals surface area (Å²) in [6.07, 6.45) is 3.63. The normalized spacial score (nSPS) is 10.5. The molecule has 0 aliphatic carbocycles. The first-order chi connectivity index (χ1) is 6.34. The van der Waals surface area contributed by atoms with E-state index in [0.717, 1.165) is 10.1 Å². The number of nitrogens with two attached hydrogens (primary N) is 1. The van der Waals surface area contributed by atoms with Gasteiger partial charge in [-0.2, -0.15) is 0 Å². The maximum Gasteiger partial charge on any atom is 0.180 e. The van der Waals surface area contributed by atoms with Gasteiger partial charge in [0.25, 0.3) is 0 Å². The van der Waals surface area contributed by atoms with E-state index in [2.05, 4.69) is 9.97 Å². The molecule has 0 saturated carbocycles. The number of aromatic nitrogens is 2. The third-order valence-electron chi connectivity index (χ3n) is 1.32. The van der Waals surface area contributed by atoms with Crippen molar-refractivity contribution in [2.24, 2.45) is 0 Å². The summed E-state index contributed by atoms with van der Waals surface area (Å²) in [7, 11) is 0. The van der Waals surface area contributed by atoms with Crippen LogP contribution in [0.25, 0.3) is 0 Å². The Bertz CT molecular complexity index is 368. The van der Waals surface area contributed by atoms with Crippen molar-refractivity contribution in [1.29, 1.82) is 0 Å². The zero-order chi connectivity index (χ0) is 9.10. The van der Waals surface area contributed by atoms with Gasteiger partial charge in [-0.05, 0) is 0 Å². The van der Waals surface area contributed by atoms with E-state index < -0.39 is 0 Å². The van der Waals surface area contributed by atoms with Gasteiger partial charge in [-0.15, -0.1) is 22.7 Å². The van der Waals surface area contributed by atoms with Crippen LogP contribution in [0.15, 0.2) is 22.1 Å². The largest absolute Gasteiger partial charge is 0.375 e. The van der Waals surface area contributed by atoms with Crippen molar-refractivity contribution >= 4 is 39.6 Å². The molecular weight excluding hydrogens is 222 g/mol. The van der Waals surface area contributed by atoms with Crippen LogP contribution in [0.2, 0.25) is 0 Å². The number of nitrogen functional groups attached to an aromatic ring is 1. The van der Waals surface area contributed by atoms with Gasteiger partial charge in [-0.3, -0.25) is 0 Å². The number of hydrogen-bond donors (Lipinski definition) is 1. The van der Waals surface area contributed by atoms with Crippen LogP contribution >= 0.6 is 34.4 Å². The molecule has 2 rings (SSSR count). The van der Waals surface area contributed by atoms with E-state index >= 15 is 0 Å². The Kier molecular flexibility index (Phi) is 2.82. The Hall–Kier alpha value is -0.590. The molecule has 0 saturated heterocycles. The van der Waals surface area contributed by atoms with E-state index in [0.29, 0.717) is 5.13 Å². The van der Waals surface area contributed by atoms with E-state index in [1.165, 1.54) is 16.2 Å². The Morgan fingerprint density at radius 3 is 3.00 bits per heavy atom. The van der Waals surface area contributed by atoms with Gasteiger partial charge in [-0.1, -0.05) is 11.8 Å². The summed E-state index contributed by atoms with van der Waals surface area (Å²) in [4.78, 5) is 9.35. The molecule has 0 radical (unpaired) electrons. The molecule has 0 aromatic carbocycles. The highest BCUT2D eigenvalue weighted by atomic mass is 32.2. The maximum absolute atomic E-state index is 5.51. The number of nitrogens with zero attached hydrogens (tertiary/aromatic N) is 2. The number of thioether (sulfide) groups is 1. The highest BCUT2D eigenvalue weighted by Gasteiger charge is 2.01. The number of hydrogen-bond acceptors (Lipinski definition) is 6. The lowest BCUT2D eigenvalue weighted by atomic mass is 10.6. The molecule has 0 atom stereocenters. The van der Waals surface area contributed by atoms with Crippen LogP contribution < -0.4 is 5.73 Å². The summed E-state index contributed by atoms with van der Waals surface area (Å²) in [6, 6.07) is 0. The smallest absolute Gasteiger partial charge is 0.180 e. The van der Waals surface area contributed by atoms with Crippen LogP contribution in [-0.4, -0.2) is 9.97 Å². The van der Waals surface area contributed by atoms with E-state index in [4.69, 9.17) is 5.73 Å². The molecule has 2 aromatic rings. The van der Waals surface area contributed by atoms with E-state index in [1.807, 2.05) is 17.8 Å². The highest BCUT2D eigenvalue weighted by Crippen LogP contribution is 2.27. The zero-order valence-electron chi connectivity index (χ0n) is 6.64. The monoisotopic (exact) mass is 229 g/mol. The lowest BCUT2D eigenvalue weighted by Crippen LogP contribution is -1.77. The second-order valence-corrected chi connectivity index (χ2v) is 5.52. The summed E-state index contributed by atoms with van der Waals surface area (Å²) < 4.78 is 1.09. The van der Waals surface area contributed by atoms with Gasteiger partial charge in [0.1, 0.15) is 4.34 Å². The molecule has 6 heteroatoms. The highest BCUT2D eigenvalue weighted by molar-refractivity contribution is 8.00. The van der Waals surface area contributed by atoms with Crippen molar-refractivity contribution in [3.8, 4) is 0 Å². The van der Waals surface area contributed by atoms with Crippen molar-refractivity contribution in [3.63, 3.8) is 0 Å². The Morgan fingerprint density at radius 2 is 2.38 bits per heavy atom. The average Bonchev–Trinajstić information content (AvgIpc) is 2.71. The Morgan fingerprint density at radius 1 is 1.46 bits per heavy atom. The standard InChI is InChI=1S/C7H7N3S3/c8-6-10-3-5(13-6)4-12-7-9-1-2-11-7/h1-3H,4H2,(H2,8,10). The molecule has 68 valence electrons. The topological polar surface area (TPSA) is 51.8 Å². The Balaban J connectivity index is 1.93. The van der Waals surface area contributed by atoms with Crippen LogP contribution in [-0.2, 0) is 5.75 Å². The zero-order valence-corrected chi connectivity index (χ0v) is 9.09.